The molecule has 1 rings (SSSR count). The Kier molecular flexibility index (Phi) is 4.96. The van der Waals surface area contributed by atoms with E-state index in [0.717, 1.165) is 11.4 Å². The Morgan fingerprint density at radius 3 is 2.44 bits per heavy atom. The van der Waals surface area contributed by atoms with E-state index in [0.29, 0.717) is 24.7 Å². The summed E-state index contributed by atoms with van der Waals surface area (Å²) in [7, 11) is 0. The van der Waals surface area contributed by atoms with Crippen molar-refractivity contribution in [2.24, 2.45) is 5.92 Å². The molecule has 1 aromatic heterocycles. The summed E-state index contributed by atoms with van der Waals surface area (Å²) in [5, 5.41) is 9.16. The Hall–Kier alpha value is -1.29. The molecule has 4 heteroatoms. The molecule has 18 heavy (non-hydrogen) atoms. The van der Waals surface area contributed by atoms with Gasteiger partial charge in [-0.3, -0.25) is 0 Å². The fourth-order valence-electron chi connectivity index (χ4n) is 2.31. The van der Waals surface area contributed by atoms with E-state index in [1.807, 2.05) is 20.8 Å². The molecular formula is C14H23NO3. The van der Waals surface area contributed by atoms with Gasteiger partial charge < -0.3 is 14.4 Å². The van der Waals surface area contributed by atoms with E-state index >= 15 is 0 Å². The van der Waals surface area contributed by atoms with Crippen LogP contribution in [0.15, 0.2) is 6.07 Å². The molecule has 0 saturated carbocycles. The zero-order valence-electron chi connectivity index (χ0n) is 11.9. The number of aromatic carboxylic acids is 1. The minimum Gasteiger partial charge on any atom is -0.478 e. The van der Waals surface area contributed by atoms with Gasteiger partial charge in [0.1, 0.15) is 0 Å². The number of aromatic nitrogens is 1. The molecule has 0 aliphatic carbocycles. The van der Waals surface area contributed by atoms with Crippen LogP contribution in [0.1, 0.15) is 48.6 Å². The van der Waals surface area contributed by atoms with E-state index < -0.39 is 5.97 Å². The van der Waals surface area contributed by atoms with Crippen LogP contribution < -0.4 is 0 Å². The van der Waals surface area contributed by atoms with Crippen molar-refractivity contribution < 1.29 is 14.6 Å². The molecule has 0 aromatic carbocycles. The predicted molar refractivity (Wildman–Crippen MR) is 71.2 cm³/mol. The van der Waals surface area contributed by atoms with Crippen LogP contribution >= 0.6 is 0 Å². The van der Waals surface area contributed by atoms with Gasteiger partial charge in [-0.2, -0.15) is 0 Å². The van der Waals surface area contributed by atoms with Gasteiger partial charge in [0.15, 0.2) is 0 Å². The molecule has 1 heterocycles. The van der Waals surface area contributed by atoms with Crippen molar-refractivity contribution in [1.29, 1.82) is 0 Å². The van der Waals surface area contributed by atoms with Crippen LogP contribution in [0.4, 0.5) is 0 Å². The standard InChI is InChI=1S/C14H23NO3/c1-6-18-8-13(9(2)3)15-10(4)7-12(11(15)5)14(16)17/h7,9,13H,6,8H2,1-5H3,(H,16,17). The Morgan fingerprint density at radius 1 is 1.44 bits per heavy atom. The van der Waals surface area contributed by atoms with E-state index in [1.165, 1.54) is 0 Å². The minimum atomic E-state index is -0.867. The molecule has 0 amide bonds. The third-order valence-corrected chi connectivity index (χ3v) is 3.31. The van der Waals surface area contributed by atoms with Crippen molar-refractivity contribution in [3.05, 3.63) is 23.0 Å². The molecule has 1 aromatic rings. The molecule has 0 fully saturated rings. The molecule has 1 N–H and O–H groups in total. The van der Waals surface area contributed by atoms with E-state index in [-0.39, 0.29) is 6.04 Å². The predicted octanol–water partition coefficient (Wildman–Crippen LogP) is 3.04. The monoisotopic (exact) mass is 253 g/mol. The number of nitrogens with zero attached hydrogens (tertiary/aromatic N) is 1. The normalized spacial score (nSPS) is 13.0. The van der Waals surface area contributed by atoms with Crippen molar-refractivity contribution in [2.75, 3.05) is 13.2 Å². The van der Waals surface area contributed by atoms with E-state index in [2.05, 4.69) is 18.4 Å². The summed E-state index contributed by atoms with van der Waals surface area (Å²) in [5.74, 6) is -0.476. The first-order chi connectivity index (χ1) is 8.40. The van der Waals surface area contributed by atoms with Gasteiger partial charge in [0.2, 0.25) is 0 Å². The van der Waals surface area contributed by atoms with E-state index in [4.69, 9.17) is 9.84 Å². The molecule has 102 valence electrons. The number of carboxylic acid groups (broad SMARTS) is 1. The highest BCUT2D eigenvalue weighted by molar-refractivity contribution is 5.89. The van der Waals surface area contributed by atoms with Crippen LogP contribution in [-0.4, -0.2) is 28.9 Å². The van der Waals surface area contributed by atoms with Gasteiger partial charge in [0.25, 0.3) is 0 Å². The number of ether oxygens (including phenoxy) is 1. The van der Waals surface area contributed by atoms with Gasteiger partial charge in [-0.25, -0.2) is 4.79 Å². The SMILES string of the molecule is CCOCC(C(C)C)n1c(C)cc(C(=O)O)c1C. The van der Waals surface area contributed by atoms with Crippen molar-refractivity contribution >= 4 is 5.97 Å². The maximum absolute atomic E-state index is 11.1. The summed E-state index contributed by atoms with van der Waals surface area (Å²) < 4.78 is 7.61. The molecule has 0 radical (unpaired) electrons. The van der Waals surface area contributed by atoms with Gasteiger partial charge in [0.05, 0.1) is 18.2 Å². The van der Waals surface area contributed by atoms with Gasteiger partial charge in [-0.1, -0.05) is 13.8 Å². The summed E-state index contributed by atoms with van der Waals surface area (Å²) >= 11 is 0. The Balaban J connectivity index is 3.15. The lowest BCUT2D eigenvalue weighted by Crippen LogP contribution is -2.23. The Bertz CT molecular complexity index is 421. The fourth-order valence-corrected chi connectivity index (χ4v) is 2.31. The topological polar surface area (TPSA) is 51.5 Å². The molecule has 0 bridgehead atoms. The lowest BCUT2D eigenvalue weighted by Gasteiger charge is -2.26. The molecule has 0 aliphatic rings. The van der Waals surface area contributed by atoms with Gasteiger partial charge >= 0.3 is 5.97 Å². The second-order valence-electron chi connectivity index (χ2n) is 4.93. The quantitative estimate of drug-likeness (QED) is 0.847. The third kappa shape index (κ3) is 2.93. The minimum absolute atomic E-state index is 0.179. The summed E-state index contributed by atoms with van der Waals surface area (Å²) in [6.07, 6.45) is 0. The lowest BCUT2D eigenvalue weighted by atomic mass is 10.0. The van der Waals surface area contributed by atoms with Crippen LogP contribution in [0.2, 0.25) is 0 Å². The van der Waals surface area contributed by atoms with Gasteiger partial charge in [-0.05, 0) is 32.8 Å². The summed E-state index contributed by atoms with van der Waals surface area (Å²) in [5.41, 5.74) is 2.16. The van der Waals surface area contributed by atoms with Crippen molar-refractivity contribution in [1.82, 2.24) is 4.57 Å². The van der Waals surface area contributed by atoms with E-state index in [9.17, 15) is 4.79 Å². The van der Waals surface area contributed by atoms with Crippen LogP contribution in [0.3, 0.4) is 0 Å². The fraction of sp³-hybridized carbons (Fsp3) is 0.643. The highest BCUT2D eigenvalue weighted by atomic mass is 16.5. The highest BCUT2D eigenvalue weighted by Gasteiger charge is 2.22. The van der Waals surface area contributed by atoms with E-state index in [1.54, 1.807) is 6.07 Å². The number of carbonyl (C=O) groups is 1. The van der Waals surface area contributed by atoms with Crippen LogP contribution in [0.25, 0.3) is 0 Å². The largest absolute Gasteiger partial charge is 0.478 e. The van der Waals surface area contributed by atoms with Crippen molar-refractivity contribution in [3.8, 4) is 0 Å². The lowest BCUT2D eigenvalue weighted by molar-refractivity contribution is 0.0694. The smallest absolute Gasteiger partial charge is 0.337 e. The maximum Gasteiger partial charge on any atom is 0.337 e. The molecule has 1 unspecified atom stereocenters. The molecule has 1 atom stereocenters. The first-order valence-electron chi connectivity index (χ1n) is 6.39. The molecule has 0 spiro atoms. The number of hydrogen-bond acceptors (Lipinski definition) is 2. The Labute approximate surface area is 109 Å². The second kappa shape index (κ2) is 6.05. The molecule has 4 nitrogen and oxygen atoms in total. The zero-order valence-corrected chi connectivity index (χ0v) is 11.9. The number of hydrogen-bond donors (Lipinski definition) is 1. The molecule has 0 aliphatic heterocycles. The summed E-state index contributed by atoms with van der Waals surface area (Å²) in [6, 6.07) is 1.91. The molecular weight excluding hydrogens is 230 g/mol. The number of aryl methyl sites for hydroxylation is 1. The van der Waals surface area contributed by atoms with Gasteiger partial charge in [0, 0.05) is 18.0 Å². The third-order valence-electron chi connectivity index (χ3n) is 3.31. The second-order valence-corrected chi connectivity index (χ2v) is 4.93. The van der Waals surface area contributed by atoms with Crippen molar-refractivity contribution in [3.63, 3.8) is 0 Å². The average Bonchev–Trinajstić information content (AvgIpc) is 2.57. The highest BCUT2D eigenvalue weighted by Crippen LogP contribution is 2.26. The first-order valence-corrected chi connectivity index (χ1v) is 6.39. The van der Waals surface area contributed by atoms with Gasteiger partial charge in [-0.15, -0.1) is 0 Å². The van der Waals surface area contributed by atoms with Crippen LogP contribution in [0, 0.1) is 19.8 Å². The maximum atomic E-state index is 11.1. The number of carboxylic acids is 1. The zero-order chi connectivity index (χ0) is 13.9. The summed E-state index contributed by atoms with van der Waals surface area (Å²) in [6.45, 7) is 11.3. The van der Waals surface area contributed by atoms with Crippen LogP contribution in [0.5, 0.6) is 0 Å². The average molecular weight is 253 g/mol. The summed E-state index contributed by atoms with van der Waals surface area (Å²) in [4.78, 5) is 11.1. The number of rotatable bonds is 6. The van der Waals surface area contributed by atoms with Crippen molar-refractivity contribution in [2.45, 2.75) is 40.7 Å². The molecule has 0 saturated heterocycles. The Morgan fingerprint density at radius 2 is 2.06 bits per heavy atom. The first kappa shape index (κ1) is 14.8. The van der Waals surface area contributed by atoms with Crippen LogP contribution in [-0.2, 0) is 4.74 Å².